The highest BCUT2D eigenvalue weighted by atomic mass is 19.1. The van der Waals surface area contributed by atoms with Crippen LogP contribution in [0.2, 0.25) is 0 Å². The van der Waals surface area contributed by atoms with E-state index in [2.05, 4.69) is 4.90 Å². The Balaban J connectivity index is 1.20. The van der Waals surface area contributed by atoms with Crippen molar-refractivity contribution in [2.24, 2.45) is 29.1 Å². The van der Waals surface area contributed by atoms with Crippen LogP contribution in [-0.2, 0) is 23.9 Å². The van der Waals surface area contributed by atoms with Crippen LogP contribution in [0, 0.1) is 34.9 Å². The first-order chi connectivity index (χ1) is 22.7. The van der Waals surface area contributed by atoms with Crippen molar-refractivity contribution in [2.75, 3.05) is 41.0 Å². The second-order valence-corrected chi connectivity index (χ2v) is 13.3. The van der Waals surface area contributed by atoms with Crippen molar-refractivity contribution >= 4 is 40.7 Å². The average molecular weight is 636 g/mol. The Morgan fingerprint density at radius 1 is 0.787 bits per heavy atom. The molecule has 0 aromatic heterocycles. The maximum absolute atomic E-state index is 14.9. The number of para-hydroxylation sites is 2. The van der Waals surface area contributed by atoms with E-state index in [1.165, 1.54) is 15.9 Å². The molecule has 1 N–H and O–H groups in total. The van der Waals surface area contributed by atoms with Gasteiger partial charge in [0.05, 0.1) is 47.8 Å². The normalized spacial score (nSPS) is 30.3. The van der Waals surface area contributed by atoms with Gasteiger partial charge < -0.3 is 14.7 Å². The van der Waals surface area contributed by atoms with Crippen molar-refractivity contribution in [3.63, 3.8) is 0 Å². The van der Waals surface area contributed by atoms with E-state index in [9.17, 15) is 28.7 Å². The SMILES string of the molecule is C[C@@]12C(=O)N(c3ccccc3)C(=O)[C@@H]1C[C@@H]1C(=CC[C@@H]3C(=O)N(c4ccc(N5CCOCC5)cc4)C(=O)[C@@H]31)[C@@H]2c1cccc(F)c1O. The van der Waals surface area contributed by atoms with Gasteiger partial charge in [0, 0.05) is 30.3 Å². The number of fused-ring (bicyclic) bond motifs is 4. The largest absolute Gasteiger partial charge is 0.505 e. The molecule has 3 aliphatic heterocycles. The van der Waals surface area contributed by atoms with Gasteiger partial charge in [-0.25, -0.2) is 9.29 Å². The molecule has 4 fully saturated rings. The number of benzene rings is 3. The molecule has 5 aliphatic rings. The molecular weight excluding hydrogens is 601 g/mol. The predicted octanol–water partition coefficient (Wildman–Crippen LogP) is 4.80. The maximum Gasteiger partial charge on any atom is 0.241 e. The summed E-state index contributed by atoms with van der Waals surface area (Å²) in [6, 6.07) is 20.2. The summed E-state index contributed by atoms with van der Waals surface area (Å²) in [5, 5.41) is 11.0. The lowest BCUT2D eigenvalue weighted by molar-refractivity contribution is -0.131. The first-order valence-corrected chi connectivity index (χ1v) is 16.1. The fraction of sp³-hybridized carbons (Fsp3) is 0.351. The van der Waals surface area contributed by atoms with E-state index >= 15 is 0 Å². The van der Waals surface area contributed by atoms with Crippen LogP contribution < -0.4 is 14.7 Å². The number of allylic oxidation sites excluding steroid dienone is 2. The Morgan fingerprint density at radius 3 is 2.19 bits per heavy atom. The summed E-state index contributed by atoms with van der Waals surface area (Å²) in [6.45, 7) is 4.49. The van der Waals surface area contributed by atoms with E-state index in [0.29, 0.717) is 30.2 Å². The fourth-order valence-electron chi connectivity index (χ4n) is 8.84. The van der Waals surface area contributed by atoms with Gasteiger partial charge in [-0.15, -0.1) is 0 Å². The number of hydrogen-bond acceptors (Lipinski definition) is 7. The summed E-state index contributed by atoms with van der Waals surface area (Å²) in [5.74, 6) is -6.65. The number of carbonyl (C=O) groups is 4. The lowest BCUT2D eigenvalue weighted by atomic mass is 9.51. The fourth-order valence-corrected chi connectivity index (χ4v) is 8.84. The van der Waals surface area contributed by atoms with Crippen LogP contribution >= 0.6 is 0 Å². The average Bonchev–Trinajstić information content (AvgIpc) is 3.46. The first-order valence-electron chi connectivity index (χ1n) is 16.1. The number of hydrogen-bond donors (Lipinski definition) is 1. The van der Waals surface area contributed by atoms with Crippen LogP contribution in [0.4, 0.5) is 21.5 Å². The zero-order valence-electron chi connectivity index (χ0n) is 25.8. The Labute approximate surface area is 271 Å². The Morgan fingerprint density at radius 2 is 1.47 bits per heavy atom. The molecule has 3 aromatic carbocycles. The molecule has 8 rings (SSSR count). The number of rotatable bonds is 4. The minimum absolute atomic E-state index is 0.173. The molecule has 4 amide bonds. The number of carbonyl (C=O) groups excluding carboxylic acids is 4. The van der Waals surface area contributed by atoms with E-state index in [1.54, 1.807) is 55.5 Å². The van der Waals surface area contributed by atoms with E-state index in [1.807, 2.05) is 18.2 Å². The molecule has 1 saturated carbocycles. The minimum atomic E-state index is -1.37. The van der Waals surface area contributed by atoms with Crippen molar-refractivity contribution < 1.29 is 33.4 Å². The Hall–Kier alpha value is -4.83. The zero-order valence-corrected chi connectivity index (χ0v) is 25.8. The molecule has 3 heterocycles. The van der Waals surface area contributed by atoms with E-state index in [0.717, 1.165) is 24.8 Å². The van der Waals surface area contributed by atoms with Crippen LogP contribution in [0.1, 0.15) is 31.2 Å². The second kappa shape index (κ2) is 10.9. The highest BCUT2D eigenvalue weighted by Gasteiger charge is 2.68. The Kier molecular flexibility index (Phi) is 6.84. The molecule has 3 aromatic rings. The van der Waals surface area contributed by atoms with Gasteiger partial charge in [-0.05, 0) is 68.1 Å². The van der Waals surface area contributed by atoms with Gasteiger partial charge in [-0.3, -0.25) is 24.1 Å². The summed E-state index contributed by atoms with van der Waals surface area (Å²) < 4.78 is 20.4. The standard InChI is InChI=1S/C37H34FN3O6/c1-37-28(34(44)41(36(37)46)22-6-3-2-4-7-22)20-27-24(31(37)26-8-5-9-29(38)32(26)42)14-15-25-30(27)35(45)40(33(25)43)23-12-10-21(11-13-23)39-16-18-47-19-17-39/h2-14,25,27-28,30-31,42H,15-20H2,1H3/t25-,27+,28-,30-,31+,37+/m0/s1. The topological polar surface area (TPSA) is 107 Å². The predicted molar refractivity (Wildman–Crippen MR) is 171 cm³/mol. The molecule has 0 bridgehead atoms. The molecule has 0 radical (unpaired) electrons. The van der Waals surface area contributed by atoms with Gasteiger partial charge in [-0.1, -0.05) is 42.0 Å². The molecule has 10 heteroatoms. The highest BCUT2D eigenvalue weighted by molar-refractivity contribution is 6.25. The number of imide groups is 2. The third-order valence-corrected chi connectivity index (χ3v) is 11.1. The minimum Gasteiger partial charge on any atom is -0.505 e. The van der Waals surface area contributed by atoms with Crippen LogP contribution in [0.15, 0.2) is 84.4 Å². The summed E-state index contributed by atoms with van der Waals surface area (Å²) in [6.07, 6.45) is 2.32. The van der Waals surface area contributed by atoms with Crippen LogP contribution in [-0.4, -0.2) is 55.0 Å². The Bertz CT molecular complexity index is 1840. The third kappa shape index (κ3) is 4.23. The quantitative estimate of drug-likeness (QED) is 0.324. The van der Waals surface area contributed by atoms with Crippen LogP contribution in [0.25, 0.3) is 0 Å². The number of halogens is 1. The lowest BCUT2D eigenvalue weighted by Gasteiger charge is -2.49. The molecule has 240 valence electrons. The third-order valence-electron chi connectivity index (χ3n) is 11.1. The number of ether oxygens (including phenoxy) is 1. The molecule has 2 aliphatic carbocycles. The van der Waals surface area contributed by atoms with Gasteiger partial charge in [-0.2, -0.15) is 0 Å². The molecule has 47 heavy (non-hydrogen) atoms. The summed E-state index contributed by atoms with van der Waals surface area (Å²) in [4.78, 5) is 61.5. The lowest BCUT2D eigenvalue weighted by Crippen LogP contribution is -2.49. The van der Waals surface area contributed by atoms with E-state index in [-0.39, 0.29) is 30.2 Å². The van der Waals surface area contributed by atoms with Crippen molar-refractivity contribution in [3.05, 3.63) is 95.8 Å². The van der Waals surface area contributed by atoms with Crippen molar-refractivity contribution in [1.82, 2.24) is 0 Å². The summed E-state index contributed by atoms with van der Waals surface area (Å²) in [5.41, 5.74) is 1.40. The van der Waals surface area contributed by atoms with Crippen LogP contribution in [0.3, 0.4) is 0 Å². The number of amides is 4. The molecule has 0 spiro atoms. The van der Waals surface area contributed by atoms with Gasteiger partial charge in [0.2, 0.25) is 23.6 Å². The number of morpholine rings is 1. The molecule has 9 nitrogen and oxygen atoms in total. The number of phenolic OH excluding ortho intramolecular Hbond substituents is 1. The smallest absolute Gasteiger partial charge is 0.241 e. The molecular formula is C37H34FN3O6. The van der Waals surface area contributed by atoms with Gasteiger partial charge in [0.15, 0.2) is 11.6 Å². The summed E-state index contributed by atoms with van der Waals surface area (Å²) in [7, 11) is 0. The highest BCUT2D eigenvalue weighted by Crippen LogP contribution is 2.64. The molecule has 3 saturated heterocycles. The number of phenols is 1. The van der Waals surface area contributed by atoms with Crippen LogP contribution in [0.5, 0.6) is 5.75 Å². The van der Waals surface area contributed by atoms with Crippen molar-refractivity contribution in [2.45, 2.75) is 25.7 Å². The van der Waals surface area contributed by atoms with E-state index in [4.69, 9.17) is 4.74 Å². The first kappa shape index (κ1) is 29.6. The number of nitrogens with zero attached hydrogens (tertiary/aromatic N) is 3. The van der Waals surface area contributed by atoms with Gasteiger partial charge >= 0.3 is 0 Å². The summed E-state index contributed by atoms with van der Waals surface area (Å²) >= 11 is 0. The zero-order chi connectivity index (χ0) is 32.6. The van der Waals surface area contributed by atoms with E-state index < -0.39 is 58.4 Å². The van der Waals surface area contributed by atoms with Gasteiger partial charge in [0.25, 0.3) is 0 Å². The van der Waals surface area contributed by atoms with Gasteiger partial charge in [0.1, 0.15) is 0 Å². The maximum atomic E-state index is 14.9. The second-order valence-electron chi connectivity index (χ2n) is 13.3. The molecule has 0 unspecified atom stereocenters. The van der Waals surface area contributed by atoms with Crippen molar-refractivity contribution in [3.8, 4) is 5.75 Å². The molecule has 6 atom stereocenters. The number of aromatic hydroxyl groups is 1. The number of anilines is 3. The van der Waals surface area contributed by atoms with Crippen molar-refractivity contribution in [1.29, 1.82) is 0 Å². The monoisotopic (exact) mass is 635 g/mol.